The molecule has 113 heavy (non-hydrogen) atoms. The Balaban J connectivity index is 1.33. The van der Waals surface area contributed by atoms with E-state index in [1.54, 1.807) is 6.08 Å². The van der Waals surface area contributed by atoms with E-state index in [0.29, 0.717) is 12.8 Å². The number of rotatable bonds is 73. The maximum atomic E-state index is 13.5. The molecule has 3 fully saturated rings. The van der Waals surface area contributed by atoms with Crippen LogP contribution < -0.4 is 5.32 Å². The third-order valence-electron chi connectivity index (χ3n) is 22.0. The third-order valence-corrected chi connectivity index (χ3v) is 22.0. The summed E-state index contributed by atoms with van der Waals surface area (Å²) >= 11 is 0. The van der Waals surface area contributed by atoms with Crippen LogP contribution >= 0.6 is 0 Å². The van der Waals surface area contributed by atoms with E-state index in [-0.39, 0.29) is 18.9 Å². The first-order chi connectivity index (χ1) is 55.3. The molecule has 0 aromatic carbocycles. The molecule has 654 valence electrons. The van der Waals surface area contributed by atoms with Gasteiger partial charge in [-0.2, -0.15) is 0 Å². The number of carbonyl (C=O) groups is 1. The van der Waals surface area contributed by atoms with Gasteiger partial charge in [0.25, 0.3) is 0 Å². The van der Waals surface area contributed by atoms with Gasteiger partial charge in [-0.1, -0.05) is 354 Å². The Bertz CT molecular complexity index is 2460. The molecular weight excluding hydrogens is 1430 g/mol. The molecule has 19 nitrogen and oxygen atoms in total. The average molecular weight is 1600 g/mol. The highest BCUT2D eigenvalue weighted by atomic mass is 16.8. The van der Waals surface area contributed by atoms with Crippen molar-refractivity contribution in [3.63, 3.8) is 0 Å². The molecule has 0 bridgehead atoms. The predicted molar refractivity (Wildman–Crippen MR) is 457 cm³/mol. The summed E-state index contributed by atoms with van der Waals surface area (Å²) in [7, 11) is 0. The first kappa shape index (κ1) is 104. The summed E-state index contributed by atoms with van der Waals surface area (Å²) in [6.45, 7) is 1.64. The molecule has 19 heteroatoms. The monoisotopic (exact) mass is 1600 g/mol. The molecule has 3 aliphatic rings. The van der Waals surface area contributed by atoms with Gasteiger partial charge in [0.15, 0.2) is 18.9 Å². The van der Waals surface area contributed by atoms with E-state index in [2.05, 4.69) is 116 Å². The van der Waals surface area contributed by atoms with Crippen molar-refractivity contribution >= 4 is 5.91 Å². The summed E-state index contributed by atoms with van der Waals surface area (Å²) in [6, 6.07) is -1.00. The number of allylic oxidation sites excluding steroid dienone is 17. The van der Waals surface area contributed by atoms with Gasteiger partial charge >= 0.3 is 0 Å². The standard InChI is InChI=1S/C94H165NO18/c1-3-5-7-9-11-13-15-17-19-21-23-25-27-29-31-33-34-35-36-37-38-39-40-41-42-44-46-48-50-52-54-56-58-60-62-64-66-68-70-72-82(100)95-77(78(99)71-69-67-65-63-61-59-57-55-53-51-49-47-45-43-32-30-28-26-24-22-20-18-16-14-12-10-8-6-4-2)76-108-92-88(106)85(103)90(80(74-97)110-92)113-94-89(107)86(104)91(81(75-98)111-94)112-93-87(105)84(102)83(101)79(73-96)109-93/h5,7,11,13,17,19,23,25,29,31,34-35,53,55,61,63,69,71,77-81,83-94,96-99,101-107H,3-4,6,8-10,12,14-16,18,20-22,24,26-28,30,32-33,36-52,54,56-60,62,64-68,70,72-76H2,1-2H3,(H,95,100)/b7-5-,13-11-,19-17-,25-23-,31-29-,35-34-,55-53+,63-61+,71-69+. The fraction of sp³-hybridized carbons (Fsp3) is 0.798. The van der Waals surface area contributed by atoms with Crippen LogP contribution in [0.25, 0.3) is 0 Å². The average Bonchev–Trinajstić information content (AvgIpc) is 0.780. The number of aliphatic hydroxyl groups is 11. The summed E-state index contributed by atoms with van der Waals surface area (Å²) in [4.78, 5) is 13.5. The molecule has 3 rings (SSSR count). The SMILES string of the molecule is CC/C=C\C/C=C\C/C=C\C/C=C\C/C=C\C/C=C\CCCCCCCCCCCCCCCCCCCCCCC(=O)NC(COC1OC(CO)C(OC2OC(CO)C(OC3OC(CO)C(O)C(O)C3O)C(O)C2O)C(O)C1O)C(O)/C=C/CC/C=C/CC/C=C/CCCCCCCCCCCCCCCCCCCCC. The van der Waals surface area contributed by atoms with Crippen LogP contribution in [0.1, 0.15) is 348 Å². The highest BCUT2D eigenvalue weighted by Gasteiger charge is 2.54. The van der Waals surface area contributed by atoms with E-state index in [9.17, 15) is 61.0 Å². The maximum Gasteiger partial charge on any atom is 0.220 e. The normalized spacial score (nSPS) is 25.3. The number of hydrogen-bond donors (Lipinski definition) is 12. The molecular formula is C94H165NO18. The van der Waals surface area contributed by atoms with E-state index in [1.807, 2.05) is 6.08 Å². The lowest BCUT2D eigenvalue weighted by atomic mass is 9.96. The minimum Gasteiger partial charge on any atom is -0.394 e. The molecule has 17 unspecified atom stereocenters. The topological polar surface area (TPSA) is 307 Å². The van der Waals surface area contributed by atoms with Crippen LogP contribution in [-0.2, 0) is 33.2 Å². The Labute approximate surface area is 685 Å². The van der Waals surface area contributed by atoms with Gasteiger partial charge in [-0.05, 0) is 96.3 Å². The van der Waals surface area contributed by atoms with Gasteiger partial charge in [0, 0.05) is 6.42 Å². The molecule has 3 aliphatic heterocycles. The van der Waals surface area contributed by atoms with Crippen LogP contribution in [0.4, 0.5) is 0 Å². The number of aliphatic hydroxyl groups excluding tert-OH is 11. The molecule has 0 saturated carbocycles. The highest BCUT2D eigenvalue weighted by Crippen LogP contribution is 2.33. The molecule has 0 aromatic rings. The third kappa shape index (κ3) is 50.9. The van der Waals surface area contributed by atoms with Crippen LogP contribution in [0.3, 0.4) is 0 Å². The second-order valence-electron chi connectivity index (χ2n) is 32.0. The molecule has 17 atom stereocenters. The highest BCUT2D eigenvalue weighted by molar-refractivity contribution is 5.76. The first-order valence-electron chi connectivity index (χ1n) is 45.6. The van der Waals surface area contributed by atoms with Crippen molar-refractivity contribution in [3.8, 4) is 0 Å². The number of nitrogens with one attached hydrogen (secondary N) is 1. The molecule has 3 heterocycles. The zero-order valence-electron chi connectivity index (χ0n) is 70.6. The quantitative estimate of drug-likeness (QED) is 0.0199. The smallest absolute Gasteiger partial charge is 0.220 e. The van der Waals surface area contributed by atoms with Crippen LogP contribution in [-0.4, -0.2) is 193 Å². The van der Waals surface area contributed by atoms with Gasteiger partial charge in [0.1, 0.15) is 73.2 Å². The van der Waals surface area contributed by atoms with Crippen molar-refractivity contribution in [2.24, 2.45) is 0 Å². The Morgan fingerprint density at radius 3 is 0.991 bits per heavy atom. The Kier molecular flexibility index (Phi) is 66.5. The lowest BCUT2D eigenvalue weighted by Gasteiger charge is -2.48. The number of ether oxygens (including phenoxy) is 6. The zero-order chi connectivity index (χ0) is 81.7. The van der Waals surface area contributed by atoms with E-state index >= 15 is 0 Å². The lowest BCUT2D eigenvalue weighted by molar-refractivity contribution is -0.379. The Morgan fingerprint density at radius 2 is 0.619 bits per heavy atom. The Morgan fingerprint density at radius 1 is 0.327 bits per heavy atom. The number of unbranched alkanes of at least 4 members (excludes halogenated alkanes) is 41. The molecule has 0 spiro atoms. The zero-order valence-corrected chi connectivity index (χ0v) is 70.6. The van der Waals surface area contributed by atoms with Crippen LogP contribution in [0.15, 0.2) is 109 Å². The second kappa shape index (κ2) is 72.5. The second-order valence-corrected chi connectivity index (χ2v) is 32.0. The van der Waals surface area contributed by atoms with Crippen molar-refractivity contribution < 1.29 is 89.4 Å². The molecule has 0 aliphatic carbocycles. The Hall–Kier alpha value is -3.55. The lowest BCUT2D eigenvalue weighted by Crippen LogP contribution is -2.66. The largest absolute Gasteiger partial charge is 0.394 e. The van der Waals surface area contributed by atoms with Crippen molar-refractivity contribution in [1.82, 2.24) is 5.32 Å². The molecule has 0 aromatic heterocycles. The summed E-state index contributed by atoms with van der Waals surface area (Å²) < 4.78 is 34.5. The number of amides is 1. The first-order valence-corrected chi connectivity index (χ1v) is 45.6. The van der Waals surface area contributed by atoms with Crippen molar-refractivity contribution in [3.05, 3.63) is 109 Å². The van der Waals surface area contributed by atoms with Crippen molar-refractivity contribution in [2.45, 2.75) is 452 Å². The summed E-state index contributed by atoms with van der Waals surface area (Å²) in [5.74, 6) is -0.287. The van der Waals surface area contributed by atoms with Gasteiger partial charge in [0.2, 0.25) is 5.91 Å². The van der Waals surface area contributed by atoms with Crippen molar-refractivity contribution in [2.75, 3.05) is 26.4 Å². The number of hydrogen-bond acceptors (Lipinski definition) is 18. The maximum absolute atomic E-state index is 13.5. The minimum absolute atomic E-state index is 0.230. The summed E-state index contributed by atoms with van der Waals surface area (Å²) in [6.07, 6.45) is 75.3. The fourth-order valence-electron chi connectivity index (χ4n) is 14.8. The van der Waals surface area contributed by atoms with Crippen LogP contribution in [0.5, 0.6) is 0 Å². The fourth-order valence-corrected chi connectivity index (χ4v) is 14.8. The van der Waals surface area contributed by atoms with Gasteiger partial charge < -0.3 is 89.9 Å². The van der Waals surface area contributed by atoms with E-state index in [1.165, 1.54) is 231 Å². The number of carbonyl (C=O) groups excluding carboxylic acids is 1. The van der Waals surface area contributed by atoms with Gasteiger partial charge in [-0.3, -0.25) is 4.79 Å². The molecule has 3 saturated heterocycles. The van der Waals surface area contributed by atoms with Crippen LogP contribution in [0, 0.1) is 0 Å². The van der Waals surface area contributed by atoms with Gasteiger partial charge in [-0.25, -0.2) is 0 Å². The van der Waals surface area contributed by atoms with Crippen molar-refractivity contribution in [1.29, 1.82) is 0 Å². The minimum atomic E-state index is -1.99. The molecule has 0 radical (unpaired) electrons. The predicted octanol–water partition coefficient (Wildman–Crippen LogP) is 17.6. The summed E-state index contributed by atoms with van der Waals surface area (Å²) in [5.41, 5.74) is 0. The summed E-state index contributed by atoms with van der Waals surface area (Å²) in [5, 5.41) is 121. The van der Waals surface area contributed by atoms with Gasteiger partial charge in [-0.15, -0.1) is 0 Å². The van der Waals surface area contributed by atoms with E-state index in [0.717, 1.165) is 83.5 Å². The molecule has 1 amide bonds. The van der Waals surface area contributed by atoms with E-state index < -0.39 is 124 Å². The van der Waals surface area contributed by atoms with E-state index in [4.69, 9.17) is 28.4 Å². The molecule has 12 N–H and O–H groups in total. The van der Waals surface area contributed by atoms with Crippen LogP contribution in [0.2, 0.25) is 0 Å². The van der Waals surface area contributed by atoms with Gasteiger partial charge in [0.05, 0.1) is 38.6 Å².